The maximum absolute atomic E-state index is 11.3. The number of hydrogen-bond acceptors (Lipinski definition) is 4. The first-order valence-electron chi connectivity index (χ1n) is 6.50. The number of methoxy groups -OCH3 is 1. The van der Waals surface area contributed by atoms with Crippen LogP contribution in [0.1, 0.15) is 40.0 Å². The number of rotatable bonds is 11. The number of ether oxygens (including phenoxy) is 2. The second kappa shape index (κ2) is 9.30. The number of carboxylic acids is 1. The maximum Gasteiger partial charge on any atom is 0.323 e. The van der Waals surface area contributed by atoms with E-state index in [2.05, 4.69) is 5.32 Å². The fourth-order valence-corrected chi connectivity index (χ4v) is 1.80. The summed E-state index contributed by atoms with van der Waals surface area (Å²) in [6.45, 7) is 7.49. The minimum absolute atomic E-state index is 0.157. The second-order valence-electron chi connectivity index (χ2n) is 5.00. The van der Waals surface area contributed by atoms with Crippen LogP contribution in [0.4, 0.5) is 0 Å². The summed E-state index contributed by atoms with van der Waals surface area (Å²) in [6, 6.07) is 0.157. The lowest BCUT2D eigenvalue weighted by Gasteiger charge is -2.28. The highest BCUT2D eigenvalue weighted by Crippen LogP contribution is 2.15. The molecule has 0 spiro atoms. The molecule has 0 aliphatic carbocycles. The summed E-state index contributed by atoms with van der Waals surface area (Å²) in [7, 11) is 1.64. The summed E-state index contributed by atoms with van der Waals surface area (Å²) in [4.78, 5) is 11.3. The molecule has 0 aliphatic rings. The third-order valence-electron chi connectivity index (χ3n) is 2.73. The lowest BCUT2D eigenvalue weighted by molar-refractivity contribution is -0.144. The van der Waals surface area contributed by atoms with Gasteiger partial charge in [-0.05, 0) is 40.0 Å². The predicted molar refractivity (Wildman–Crippen MR) is 70.9 cm³/mol. The van der Waals surface area contributed by atoms with Crippen LogP contribution in [0.2, 0.25) is 0 Å². The predicted octanol–water partition coefficient (Wildman–Crippen LogP) is 1.66. The topological polar surface area (TPSA) is 67.8 Å². The molecule has 5 nitrogen and oxygen atoms in total. The Labute approximate surface area is 110 Å². The van der Waals surface area contributed by atoms with E-state index < -0.39 is 11.5 Å². The summed E-state index contributed by atoms with van der Waals surface area (Å²) in [5.41, 5.74) is -0.847. The summed E-state index contributed by atoms with van der Waals surface area (Å²) in [6.07, 6.45) is 2.30. The first-order valence-corrected chi connectivity index (χ1v) is 6.50. The molecule has 108 valence electrons. The van der Waals surface area contributed by atoms with Crippen molar-refractivity contribution in [2.24, 2.45) is 0 Å². The molecule has 1 unspecified atom stereocenters. The summed E-state index contributed by atoms with van der Waals surface area (Å²) >= 11 is 0. The van der Waals surface area contributed by atoms with Gasteiger partial charge in [-0.3, -0.25) is 10.1 Å². The van der Waals surface area contributed by atoms with E-state index in [9.17, 15) is 9.90 Å². The summed E-state index contributed by atoms with van der Waals surface area (Å²) in [5, 5.41) is 12.4. The van der Waals surface area contributed by atoms with Gasteiger partial charge in [0.2, 0.25) is 0 Å². The molecule has 0 bridgehead atoms. The average molecular weight is 261 g/mol. The van der Waals surface area contributed by atoms with E-state index in [1.807, 2.05) is 13.8 Å². The Morgan fingerprint density at radius 2 is 1.94 bits per heavy atom. The smallest absolute Gasteiger partial charge is 0.323 e. The van der Waals surface area contributed by atoms with Crippen molar-refractivity contribution < 1.29 is 19.4 Å². The lowest BCUT2D eigenvalue weighted by Crippen LogP contribution is -2.52. The van der Waals surface area contributed by atoms with E-state index in [1.165, 1.54) is 0 Å². The van der Waals surface area contributed by atoms with Crippen LogP contribution in [0.15, 0.2) is 0 Å². The number of carbonyl (C=O) groups is 1. The van der Waals surface area contributed by atoms with Gasteiger partial charge in [-0.15, -0.1) is 0 Å². The third-order valence-corrected chi connectivity index (χ3v) is 2.73. The molecule has 1 atom stereocenters. The molecule has 18 heavy (non-hydrogen) atoms. The van der Waals surface area contributed by atoms with Crippen LogP contribution in [-0.4, -0.2) is 49.6 Å². The van der Waals surface area contributed by atoms with Gasteiger partial charge in [-0.2, -0.15) is 0 Å². The molecule has 0 aromatic rings. The lowest BCUT2D eigenvalue weighted by atomic mass is 9.94. The molecule has 0 rings (SSSR count). The van der Waals surface area contributed by atoms with Crippen molar-refractivity contribution in [2.75, 3.05) is 26.9 Å². The normalized spacial score (nSPS) is 14.7. The highest BCUT2D eigenvalue weighted by Gasteiger charge is 2.32. The van der Waals surface area contributed by atoms with E-state index in [1.54, 1.807) is 14.0 Å². The Morgan fingerprint density at radius 1 is 1.28 bits per heavy atom. The van der Waals surface area contributed by atoms with Crippen LogP contribution < -0.4 is 5.32 Å². The molecule has 0 aliphatic heterocycles. The standard InChI is InChI=1S/C13H27NO4/c1-11(2)14-13(3,12(15)16)7-5-6-8-18-10-9-17-4/h11,14H,5-10H2,1-4H3,(H,15,16). The fraction of sp³-hybridized carbons (Fsp3) is 0.923. The van der Waals surface area contributed by atoms with Crippen molar-refractivity contribution in [2.45, 2.75) is 51.6 Å². The molecule has 0 saturated carbocycles. The minimum Gasteiger partial charge on any atom is -0.480 e. The van der Waals surface area contributed by atoms with Crippen LogP contribution in [0.5, 0.6) is 0 Å². The van der Waals surface area contributed by atoms with Crippen LogP contribution in [0.25, 0.3) is 0 Å². The number of hydrogen-bond donors (Lipinski definition) is 2. The van der Waals surface area contributed by atoms with Crippen molar-refractivity contribution >= 4 is 5.97 Å². The number of nitrogens with one attached hydrogen (secondary N) is 1. The Hall–Kier alpha value is -0.650. The number of unbranched alkanes of at least 4 members (excludes halogenated alkanes) is 1. The van der Waals surface area contributed by atoms with Gasteiger partial charge in [0.1, 0.15) is 5.54 Å². The Kier molecular flexibility index (Phi) is 8.97. The van der Waals surface area contributed by atoms with Gasteiger partial charge in [0.25, 0.3) is 0 Å². The van der Waals surface area contributed by atoms with Gasteiger partial charge in [0, 0.05) is 19.8 Å². The number of aliphatic carboxylic acids is 1. The first-order chi connectivity index (χ1) is 8.42. The molecule has 0 saturated heterocycles. The van der Waals surface area contributed by atoms with Crippen LogP contribution in [0, 0.1) is 0 Å². The molecule has 0 fully saturated rings. The first kappa shape index (κ1) is 17.4. The molecule has 0 heterocycles. The van der Waals surface area contributed by atoms with Crippen molar-refractivity contribution in [1.29, 1.82) is 0 Å². The minimum atomic E-state index is -0.847. The molecule has 2 N–H and O–H groups in total. The van der Waals surface area contributed by atoms with Crippen molar-refractivity contribution in [3.63, 3.8) is 0 Å². The van der Waals surface area contributed by atoms with Gasteiger partial charge in [-0.25, -0.2) is 0 Å². The monoisotopic (exact) mass is 261 g/mol. The van der Waals surface area contributed by atoms with Gasteiger partial charge in [-0.1, -0.05) is 0 Å². The van der Waals surface area contributed by atoms with E-state index in [4.69, 9.17) is 9.47 Å². The van der Waals surface area contributed by atoms with Crippen LogP contribution >= 0.6 is 0 Å². The zero-order chi connectivity index (χ0) is 14.0. The summed E-state index contributed by atoms with van der Waals surface area (Å²) < 4.78 is 10.2. The van der Waals surface area contributed by atoms with Crippen LogP contribution in [0.3, 0.4) is 0 Å². The summed E-state index contributed by atoms with van der Waals surface area (Å²) in [5.74, 6) is -0.795. The molecule has 0 aromatic carbocycles. The quantitative estimate of drug-likeness (QED) is 0.554. The molecule has 0 amide bonds. The molecule has 5 heteroatoms. The average Bonchev–Trinajstić information content (AvgIpc) is 2.26. The van der Waals surface area contributed by atoms with Crippen molar-refractivity contribution in [1.82, 2.24) is 5.32 Å². The largest absolute Gasteiger partial charge is 0.480 e. The Morgan fingerprint density at radius 3 is 2.44 bits per heavy atom. The number of carboxylic acid groups (broad SMARTS) is 1. The molecule has 0 aromatic heterocycles. The van der Waals surface area contributed by atoms with Gasteiger partial charge >= 0.3 is 5.97 Å². The van der Waals surface area contributed by atoms with E-state index >= 15 is 0 Å². The highest BCUT2D eigenvalue weighted by molar-refractivity contribution is 5.78. The van der Waals surface area contributed by atoms with E-state index in [-0.39, 0.29) is 6.04 Å². The molecule has 0 radical (unpaired) electrons. The Bertz CT molecular complexity index is 233. The molecular formula is C13H27NO4. The highest BCUT2D eigenvalue weighted by atomic mass is 16.5. The van der Waals surface area contributed by atoms with Crippen LogP contribution in [-0.2, 0) is 14.3 Å². The zero-order valence-corrected chi connectivity index (χ0v) is 12.0. The van der Waals surface area contributed by atoms with Gasteiger partial charge in [0.15, 0.2) is 0 Å². The van der Waals surface area contributed by atoms with Gasteiger partial charge in [0.05, 0.1) is 13.2 Å². The molecular weight excluding hydrogens is 234 g/mol. The SMILES string of the molecule is COCCOCCCCC(C)(NC(C)C)C(=O)O. The fourth-order valence-electron chi connectivity index (χ4n) is 1.80. The van der Waals surface area contributed by atoms with E-state index in [0.717, 1.165) is 12.8 Å². The van der Waals surface area contributed by atoms with Crippen molar-refractivity contribution in [3.05, 3.63) is 0 Å². The zero-order valence-electron chi connectivity index (χ0n) is 12.0. The third kappa shape index (κ3) is 7.63. The van der Waals surface area contributed by atoms with E-state index in [0.29, 0.717) is 26.2 Å². The maximum atomic E-state index is 11.3. The van der Waals surface area contributed by atoms with Gasteiger partial charge < -0.3 is 14.6 Å². The van der Waals surface area contributed by atoms with Crippen molar-refractivity contribution in [3.8, 4) is 0 Å². The second-order valence-corrected chi connectivity index (χ2v) is 5.00. The Balaban J connectivity index is 3.81.